The minimum atomic E-state index is -4.02. The standard InChI is InChI=1S/C31H30N4O4S/c1-31(2,3)39-30(36)34-14-15-35(40(37,38)29-11-10-22-6-4-5-7-23(22)18-29)28-17-27(20-33-21-28)24-8-9-26-19-32-13-12-25(26)16-24/h4-13,16-21H,14-15H2,1-3H3,(H,34,36). The van der Waals surface area contributed by atoms with Gasteiger partial charge in [-0.2, -0.15) is 0 Å². The second kappa shape index (κ2) is 10.9. The molecule has 5 rings (SSSR count). The number of rotatable bonds is 7. The summed E-state index contributed by atoms with van der Waals surface area (Å²) in [4.78, 5) is 21.0. The number of anilines is 1. The minimum Gasteiger partial charge on any atom is -0.444 e. The van der Waals surface area contributed by atoms with Crippen LogP contribution >= 0.6 is 0 Å². The number of benzene rings is 3. The molecular formula is C31H30N4O4S. The van der Waals surface area contributed by atoms with Crippen LogP contribution in [0.3, 0.4) is 0 Å². The van der Waals surface area contributed by atoms with Crippen LogP contribution in [0.4, 0.5) is 10.5 Å². The summed E-state index contributed by atoms with van der Waals surface area (Å²) in [6, 6.07) is 22.3. The van der Waals surface area contributed by atoms with Gasteiger partial charge in [0, 0.05) is 36.1 Å². The molecule has 0 saturated heterocycles. The van der Waals surface area contributed by atoms with Gasteiger partial charge in [0.15, 0.2) is 0 Å². The van der Waals surface area contributed by atoms with E-state index in [1.165, 1.54) is 10.5 Å². The molecule has 8 nitrogen and oxygen atoms in total. The van der Waals surface area contributed by atoms with Crippen molar-refractivity contribution in [3.8, 4) is 11.1 Å². The fourth-order valence-corrected chi connectivity index (χ4v) is 5.88. The first-order chi connectivity index (χ1) is 19.1. The molecule has 3 aromatic carbocycles. The van der Waals surface area contributed by atoms with E-state index in [4.69, 9.17) is 4.74 Å². The number of hydrogen-bond donors (Lipinski definition) is 1. The molecule has 5 aromatic rings. The van der Waals surface area contributed by atoms with Crippen LogP contribution < -0.4 is 9.62 Å². The molecule has 2 aromatic heterocycles. The van der Waals surface area contributed by atoms with Gasteiger partial charge >= 0.3 is 6.09 Å². The minimum absolute atomic E-state index is 0.0249. The maximum Gasteiger partial charge on any atom is 0.407 e. The normalized spacial score (nSPS) is 11.9. The van der Waals surface area contributed by atoms with Crippen LogP contribution in [0.15, 0.2) is 102 Å². The van der Waals surface area contributed by atoms with Gasteiger partial charge in [-0.25, -0.2) is 13.2 Å². The topological polar surface area (TPSA) is 101 Å². The largest absolute Gasteiger partial charge is 0.444 e. The molecule has 0 aliphatic rings. The zero-order valence-electron chi connectivity index (χ0n) is 22.5. The zero-order chi connectivity index (χ0) is 28.3. The molecule has 0 unspecified atom stereocenters. The highest BCUT2D eigenvalue weighted by Gasteiger charge is 2.26. The third-order valence-electron chi connectivity index (χ3n) is 6.28. The van der Waals surface area contributed by atoms with Crippen LogP contribution in [0.5, 0.6) is 0 Å². The lowest BCUT2D eigenvalue weighted by Crippen LogP contribution is -2.40. The average molecular weight is 555 g/mol. The summed E-state index contributed by atoms with van der Waals surface area (Å²) in [5.74, 6) is 0. The molecular weight excluding hydrogens is 524 g/mol. The number of hydrogen-bond acceptors (Lipinski definition) is 6. The number of alkyl carbamates (subject to hydrolysis) is 1. The number of carbonyl (C=O) groups excluding carboxylic acids is 1. The molecule has 0 bridgehead atoms. The first kappa shape index (κ1) is 27.1. The van der Waals surface area contributed by atoms with Gasteiger partial charge in [-0.1, -0.05) is 42.5 Å². The molecule has 204 valence electrons. The first-order valence-electron chi connectivity index (χ1n) is 12.9. The Kier molecular flexibility index (Phi) is 7.40. The van der Waals surface area contributed by atoms with E-state index in [9.17, 15) is 13.2 Å². The molecule has 0 fully saturated rings. The molecule has 0 radical (unpaired) electrons. The number of nitrogens with zero attached hydrogens (tertiary/aromatic N) is 3. The quantitative estimate of drug-likeness (QED) is 0.258. The molecule has 0 aliphatic carbocycles. The van der Waals surface area contributed by atoms with Crippen molar-refractivity contribution in [1.29, 1.82) is 0 Å². The molecule has 0 spiro atoms. The van der Waals surface area contributed by atoms with Crippen molar-refractivity contribution >= 4 is 43.3 Å². The lowest BCUT2D eigenvalue weighted by Gasteiger charge is -2.26. The van der Waals surface area contributed by atoms with E-state index in [1.807, 2.05) is 48.5 Å². The maximum absolute atomic E-state index is 14.1. The van der Waals surface area contributed by atoms with Gasteiger partial charge in [-0.05, 0) is 72.8 Å². The molecule has 1 N–H and O–H groups in total. The van der Waals surface area contributed by atoms with Crippen LogP contribution in [0.2, 0.25) is 0 Å². The highest BCUT2D eigenvalue weighted by Crippen LogP contribution is 2.30. The summed E-state index contributed by atoms with van der Waals surface area (Å²) < 4.78 is 34.7. The van der Waals surface area contributed by atoms with E-state index in [1.54, 1.807) is 63.6 Å². The Morgan fingerprint density at radius 3 is 2.38 bits per heavy atom. The Labute approximate surface area is 233 Å². The Morgan fingerprint density at radius 1 is 0.825 bits per heavy atom. The van der Waals surface area contributed by atoms with Gasteiger partial charge in [-0.3, -0.25) is 14.3 Å². The van der Waals surface area contributed by atoms with Crippen LogP contribution in [0.25, 0.3) is 32.7 Å². The van der Waals surface area contributed by atoms with E-state index in [0.717, 1.165) is 32.7 Å². The monoisotopic (exact) mass is 554 g/mol. The third kappa shape index (κ3) is 6.05. The van der Waals surface area contributed by atoms with Crippen LogP contribution in [-0.2, 0) is 14.8 Å². The molecule has 0 saturated carbocycles. The summed E-state index contributed by atoms with van der Waals surface area (Å²) in [5, 5.41) is 6.44. The average Bonchev–Trinajstić information content (AvgIpc) is 2.94. The van der Waals surface area contributed by atoms with Gasteiger partial charge in [0.2, 0.25) is 0 Å². The van der Waals surface area contributed by atoms with E-state index >= 15 is 0 Å². The summed E-state index contributed by atoms with van der Waals surface area (Å²) >= 11 is 0. The van der Waals surface area contributed by atoms with Crippen LogP contribution in [0.1, 0.15) is 20.8 Å². The number of carbonyl (C=O) groups is 1. The smallest absolute Gasteiger partial charge is 0.407 e. The third-order valence-corrected chi connectivity index (χ3v) is 8.10. The summed E-state index contributed by atoms with van der Waals surface area (Å²) in [5.41, 5.74) is 1.36. The van der Waals surface area contributed by atoms with Gasteiger partial charge in [0.1, 0.15) is 5.60 Å². The number of pyridine rings is 2. The van der Waals surface area contributed by atoms with E-state index < -0.39 is 21.7 Å². The van der Waals surface area contributed by atoms with Crippen molar-refractivity contribution in [2.75, 3.05) is 17.4 Å². The number of amides is 1. The van der Waals surface area contributed by atoms with Crippen LogP contribution in [0, 0.1) is 0 Å². The number of ether oxygens (including phenoxy) is 1. The van der Waals surface area contributed by atoms with Crippen molar-refractivity contribution in [1.82, 2.24) is 15.3 Å². The van der Waals surface area contributed by atoms with Crippen molar-refractivity contribution in [2.24, 2.45) is 0 Å². The van der Waals surface area contributed by atoms with E-state index in [-0.39, 0.29) is 18.0 Å². The Balaban J connectivity index is 1.51. The first-order valence-corrected chi connectivity index (χ1v) is 14.3. The van der Waals surface area contributed by atoms with E-state index in [0.29, 0.717) is 5.69 Å². The predicted octanol–water partition coefficient (Wildman–Crippen LogP) is 6.17. The Bertz CT molecular complexity index is 1800. The molecule has 2 heterocycles. The van der Waals surface area contributed by atoms with Crippen LogP contribution in [-0.4, -0.2) is 43.2 Å². The van der Waals surface area contributed by atoms with Gasteiger partial charge in [0.05, 0.1) is 23.3 Å². The highest BCUT2D eigenvalue weighted by atomic mass is 32.2. The SMILES string of the molecule is CC(C)(C)OC(=O)NCCN(c1cncc(-c2ccc3cnccc3c2)c1)S(=O)(=O)c1ccc2ccccc2c1. The fraction of sp³-hybridized carbons (Fsp3) is 0.194. The second-order valence-corrected chi connectivity index (χ2v) is 12.2. The van der Waals surface area contributed by atoms with E-state index in [2.05, 4.69) is 15.3 Å². The molecule has 1 amide bonds. The van der Waals surface area contributed by atoms with Gasteiger partial charge < -0.3 is 10.1 Å². The number of sulfonamides is 1. The van der Waals surface area contributed by atoms with Crippen molar-refractivity contribution in [2.45, 2.75) is 31.3 Å². The summed E-state index contributed by atoms with van der Waals surface area (Å²) in [6.45, 7) is 5.31. The number of fused-ring (bicyclic) bond motifs is 2. The van der Waals surface area contributed by atoms with Crippen molar-refractivity contribution in [3.63, 3.8) is 0 Å². The van der Waals surface area contributed by atoms with Crippen molar-refractivity contribution < 1.29 is 17.9 Å². The summed E-state index contributed by atoms with van der Waals surface area (Å²) in [7, 11) is -4.02. The predicted molar refractivity (Wildman–Crippen MR) is 158 cm³/mol. The zero-order valence-corrected chi connectivity index (χ0v) is 23.4. The maximum atomic E-state index is 14.1. The molecule has 0 atom stereocenters. The number of nitrogens with one attached hydrogen (secondary N) is 1. The van der Waals surface area contributed by atoms with Gasteiger partial charge in [-0.15, -0.1) is 0 Å². The molecule has 0 aliphatic heterocycles. The highest BCUT2D eigenvalue weighted by molar-refractivity contribution is 7.92. The summed E-state index contributed by atoms with van der Waals surface area (Å²) in [6.07, 6.45) is 6.12. The molecule has 9 heteroatoms. The fourth-order valence-electron chi connectivity index (χ4n) is 4.40. The number of aromatic nitrogens is 2. The lowest BCUT2D eigenvalue weighted by molar-refractivity contribution is 0.0529. The lowest BCUT2D eigenvalue weighted by atomic mass is 10.0. The second-order valence-electron chi connectivity index (χ2n) is 10.4. The van der Waals surface area contributed by atoms with Gasteiger partial charge in [0.25, 0.3) is 10.0 Å². The Hall–Kier alpha value is -4.50. The molecule has 40 heavy (non-hydrogen) atoms. The van der Waals surface area contributed by atoms with Crippen molar-refractivity contribution in [3.05, 3.63) is 97.6 Å². The Morgan fingerprint density at radius 2 is 1.57 bits per heavy atom.